The van der Waals surface area contributed by atoms with E-state index < -0.39 is 0 Å². The molecule has 1 aliphatic heterocycles. The molecule has 2 unspecified atom stereocenters. The van der Waals surface area contributed by atoms with Crippen molar-refractivity contribution in [2.45, 2.75) is 51.8 Å². The lowest BCUT2D eigenvalue weighted by atomic mass is 10.0. The van der Waals surface area contributed by atoms with Gasteiger partial charge in [0.2, 0.25) is 0 Å². The lowest BCUT2D eigenvalue weighted by molar-refractivity contribution is 0.214. The number of benzene rings is 1. The van der Waals surface area contributed by atoms with E-state index in [0.29, 0.717) is 12.1 Å². The molecule has 1 aromatic carbocycles. The van der Waals surface area contributed by atoms with Crippen molar-refractivity contribution < 1.29 is 4.74 Å². The third-order valence-corrected chi connectivity index (χ3v) is 3.86. The molecule has 20 heavy (non-hydrogen) atoms. The second-order valence-corrected chi connectivity index (χ2v) is 6.19. The zero-order chi connectivity index (χ0) is 14.5. The number of likely N-dealkylation sites (N-methyl/N-ethyl adjacent to an activating group) is 1. The summed E-state index contributed by atoms with van der Waals surface area (Å²) in [4.78, 5) is 2.41. The standard InChI is InChI=1S/C17H28N2O/c1-13(2)20-17-10-6-5-9-16(17)14(3)18-15-8-7-11-19(4)12-15/h5-6,9-10,13-15,18H,7-8,11-12H2,1-4H3. The van der Waals surface area contributed by atoms with Gasteiger partial charge in [0.15, 0.2) is 0 Å². The van der Waals surface area contributed by atoms with Crippen LogP contribution in [0.4, 0.5) is 0 Å². The molecule has 0 aromatic heterocycles. The van der Waals surface area contributed by atoms with Crippen LogP contribution in [0.5, 0.6) is 5.75 Å². The van der Waals surface area contributed by atoms with E-state index in [1.165, 1.54) is 24.9 Å². The van der Waals surface area contributed by atoms with E-state index in [1.807, 2.05) is 6.07 Å². The van der Waals surface area contributed by atoms with Gasteiger partial charge in [-0.2, -0.15) is 0 Å². The highest BCUT2D eigenvalue weighted by Crippen LogP contribution is 2.26. The third-order valence-electron chi connectivity index (χ3n) is 3.86. The summed E-state index contributed by atoms with van der Waals surface area (Å²) in [6.45, 7) is 8.74. The van der Waals surface area contributed by atoms with Gasteiger partial charge in [0.05, 0.1) is 6.10 Å². The maximum absolute atomic E-state index is 5.93. The Balaban J connectivity index is 2.02. The number of piperidine rings is 1. The molecule has 1 fully saturated rings. The summed E-state index contributed by atoms with van der Waals surface area (Å²) in [6.07, 6.45) is 2.76. The summed E-state index contributed by atoms with van der Waals surface area (Å²) in [5, 5.41) is 3.76. The van der Waals surface area contributed by atoms with E-state index in [4.69, 9.17) is 4.74 Å². The Morgan fingerprint density at radius 2 is 2.00 bits per heavy atom. The second kappa shape index (κ2) is 7.09. The van der Waals surface area contributed by atoms with Gasteiger partial charge in [0.1, 0.15) is 5.75 Å². The van der Waals surface area contributed by atoms with E-state index in [2.05, 4.69) is 56.2 Å². The summed E-state index contributed by atoms with van der Waals surface area (Å²) in [5.41, 5.74) is 1.26. The molecular weight excluding hydrogens is 248 g/mol. The van der Waals surface area contributed by atoms with Gasteiger partial charge in [-0.3, -0.25) is 0 Å². The van der Waals surface area contributed by atoms with Gasteiger partial charge in [-0.1, -0.05) is 18.2 Å². The number of para-hydroxylation sites is 1. The summed E-state index contributed by atoms with van der Waals surface area (Å²) in [6, 6.07) is 9.27. The highest BCUT2D eigenvalue weighted by molar-refractivity contribution is 5.35. The molecular formula is C17H28N2O. The van der Waals surface area contributed by atoms with Crippen molar-refractivity contribution in [3.63, 3.8) is 0 Å². The van der Waals surface area contributed by atoms with Crippen LogP contribution in [-0.4, -0.2) is 37.2 Å². The molecule has 0 bridgehead atoms. The van der Waals surface area contributed by atoms with E-state index in [9.17, 15) is 0 Å². The van der Waals surface area contributed by atoms with Gasteiger partial charge in [-0.25, -0.2) is 0 Å². The topological polar surface area (TPSA) is 24.5 Å². The first kappa shape index (κ1) is 15.3. The van der Waals surface area contributed by atoms with E-state index in [0.717, 1.165) is 12.3 Å². The molecule has 0 radical (unpaired) electrons. The van der Waals surface area contributed by atoms with Crippen molar-refractivity contribution in [1.29, 1.82) is 0 Å². The van der Waals surface area contributed by atoms with Crippen LogP contribution in [0.15, 0.2) is 24.3 Å². The maximum atomic E-state index is 5.93. The number of nitrogens with one attached hydrogen (secondary N) is 1. The normalized spacial score (nSPS) is 21.9. The fourth-order valence-corrected chi connectivity index (χ4v) is 2.95. The average Bonchev–Trinajstić information content (AvgIpc) is 2.38. The highest BCUT2D eigenvalue weighted by atomic mass is 16.5. The lowest BCUT2D eigenvalue weighted by Gasteiger charge is -2.33. The molecule has 112 valence electrons. The molecule has 0 aliphatic carbocycles. The summed E-state index contributed by atoms with van der Waals surface area (Å²) >= 11 is 0. The first-order chi connectivity index (χ1) is 9.56. The maximum Gasteiger partial charge on any atom is 0.124 e. The van der Waals surface area contributed by atoms with E-state index in [-0.39, 0.29) is 6.10 Å². The van der Waals surface area contributed by atoms with Crippen LogP contribution >= 0.6 is 0 Å². The Bertz CT molecular complexity index is 419. The molecule has 0 amide bonds. The van der Waals surface area contributed by atoms with Crippen LogP contribution in [0.25, 0.3) is 0 Å². The van der Waals surface area contributed by atoms with Crippen molar-refractivity contribution in [1.82, 2.24) is 10.2 Å². The van der Waals surface area contributed by atoms with Crippen LogP contribution in [0.1, 0.15) is 45.2 Å². The van der Waals surface area contributed by atoms with Crippen molar-refractivity contribution in [3.05, 3.63) is 29.8 Å². The van der Waals surface area contributed by atoms with Crippen molar-refractivity contribution in [2.24, 2.45) is 0 Å². The van der Waals surface area contributed by atoms with Crippen molar-refractivity contribution in [3.8, 4) is 5.75 Å². The van der Waals surface area contributed by atoms with Crippen LogP contribution in [0.3, 0.4) is 0 Å². The van der Waals surface area contributed by atoms with Crippen molar-refractivity contribution >= 4 is 0 Å². The van der Waals surface area contributed by atoms with Gasteiger partial charge < -0.3 is 15.0 Å². The van der Waals surface area contributed by atoms with Gasteiger partial charge >= 0.3 is 0 Å². The van der Waals surface area contributed by atoms with E-state index in [1.54, 1.807) is 0 Å². The smallest absolute Gasteiger partial charge is 0.124 e. The predicted octanol–water partition coefficient (Wildman–Crippen LogP) is 3.22. The second-order valence-electron chi connectivity index (χ2n) is 6.19. The minimum atomic E-state index is 0.212. The molecule has 1 aromatic rings. The van der Waals surface area contributed by atoms with Gasteiger partial charge in [-0.15, -0.1) is 0 Å². The number of likely N-dealkylation sites (tertiary alicyclic amines) is 1. The van der Waals surface area contributed by atoms with Gasteiger partial charge in [-0.05, 0) is 53.3 Å². The molecule has 2 atom stereocenters. The summed E-state index contributed by atoms with van der Waals surface area (Å²) in [5.74, 6) is 1.01. The first-order valence-corrected chi connectivity index (χ1v) is 7.76. The van der Waals surface area contributed by atoms with Crippen molar-refractivity contribution in [2.75, 3.05) is 20.1 Å². The molecule has 1 saturated heterocycles. The molecule has 0 spiro atoms. The number of hydrogen-bond acceptors (Lipinski definition) is 3. The van der Waals surface area contributed by atoms with Crippen LogP contribution in [0, 0.1) is 0 Å². The average molecular weight is 276 g/mol. The molecule has 0 saturated carbocycles. The minimum absolute atomic E-state index is 0.212. The van der Waals surface area contributed by atoms with Gasteiger partial charge in [0, 0.05) is 24.2 Å². The molecule has 3 nitrogen and oxygen atoms in total. The Morgan fingerprint density at radius 3 is 2.70 bits per heavy atom. The van der Waals surface area contributed by atoms with Crippen LogP contribution in [-0.2, 0) is 0 Å². The number of ether oxygens (including phenoxy) is 1. The molecule has 1 aliphatic rings. The Hall–Kier alpha value is -1.06. The number of rotatable bonds is 5. The first-order valence-electron chi connectivity index (χ1n) is 7.76. The Labute approximate surface area is 123 Å². The predicted molar refractivity (Wildman–Crippen MR) is 84.3 cm³/mol. The Kier molecular flexibility index (Phi) is 5.44. The SMILES string of the molecule is CC(C)Oc1ccccc1C(C)NC1CCCN(C)C1. The van der Waals surface area contributed by atoms with Gasteiger partial charge in [0.25, 0.3) is 0 Å². The zero-order valence-corrected chi connectivity index (χ0v) is 13.2. The monoisotopic (exact) mass is 276 g/mol. The largest absolute Gasteiger partial charge is 0.491 e. The number of hydrogen-bond donors (Lipinski definition) is 1. The zero-order valence-electron chi connectivity index (χ0n) is 13.2. The fourth-order valence-electron chi connectivity index (χ4n) is 2.95. The summed E-state index contributed by atoms with van der Waals surface area (Å²) < 4.78 is 5.93. The Morgan fingerprint density at radius 1 is 1.25 bits per heavy atom. The lowest BCUT2D eigenvalue weighted by Crippen LogP contribution is -2.44. The van der Waals surface area contributed by atoms with Crippen LogP contribution < -0.4 is 10.1 Å². The molecule has 1 heterocycles. The number of nitrogens with zero attached hydrogens (tertiary/aromatic N) is 1. The highest BCUT2D eigenvalue weighted by Gasteiger charge is 2.20. The third kappa shape index (κ3) is 4.22. The molecule has 3 heteroatoms. The molecule has 1 N–H and O–H groups in total. The molecule has 2 rings (SSSR count). The summed E-state index contributed by atoms with van der Waals surface area (Å²) in [7, 11) is 2.20. The van der Waals surface area contributed by atoms with Crippen LogP contribution in [0.2, 0.25) is 0 Å². The minimum Gasteiger partial charge on any atom is -0.491 e. The quantitative estimate of drug-likeness (QED) is 0.893. The fraction of sp³-hybridized carbons (Fsp3) is 0.647. The van der Waals surface area contributed by atoms with E-state index >= 15 is 0 Å².